The van der Waals surface area contributed by atoms with Crippen LogP contribution in [0.2, 0.25) is 0 Å². The zero-order valence-corrected chi connectivity index (χ0v) is 17.0. The van der Waals surface area contributed by atoms with Crippen molar-refractivity contribution in [2.24, 2.45) is 0 Å². The monoisotopic (exact) mass is 401 g/mol. The molecule has 0 unspecified atom stereocenters. The van der Waals surface area contributed by atoms with Gasteiger partial charge in [-0.25, -0.2) is 0 Å². The van der Waals surface area contributed by atoms with Crippen LogP contribution in [0.15, 0.2) is 66.7 Å². The highest BCUT2D eigenvalue weighted by Crippen LogP contribution is 2.34. The molecule has 1 atom stereocenters. The van der Waals surface area contributed by atoms with Gasteiger partial charge in [-0.15, -0.1) is 0 Å². The number of ketones is 1. The number of methoxy groups -OCH3 is 1. The second-order valence-electron chi connectivity index (χ2n) is 7.31. The maximum Gasteiger partial charge on any atom is 0.251 e. The largest absolute Gasteiger partial charge is 0.497 e. The summed E-state index contributed by atoms with van der Waals surface area (Å²) in [5, 5.41) is 2.93. The third-order valence-electron chi connectivity index (χ3n) is 5.24. The van der Waals surface area contributed by atoms with Gasteiger partial charge in [0.15, 0.2) is 5.78 Å². The summed E-state index contributed by atoms with van der Waals surface area (Å²) < 4.78 is 11.2. The summed E-state index contributed by atoms with van der Waals surface area (Å²) in [5.74, 6) is 1.34. The Kier molecular flexibility index (Phi) is 5.53. The molecule has 5 heteroatoms. The van der Waals surface area contributed by atoms with Gasteiger partial charge in [0.2, 0.25) is 0 Å². The Labute approximate surface area is 175 Å². The molecule has 4 rings (SSSR count). The maximum absolute atomic E-state index is 12.4. The van der Waals surface area contributed by atoms with Crippen molar-refractivity contribution in [2.75, 3.05) is 13.7 Å². The summed E-state index contributed by atoms with van der Waals surface area (Å²) in [7, 11) is 1.57. The van der Waals surface area contributed by atoms with Gasteiger partial charge in [-0.3, -0.25) is 9.59 Å². The number of rotatable bonds is 6. The van der Waals surface area contributed by atoms with Crippen LogP contribution in [0.5, 0.6) is 11.5 Å². The van der Waals surface area contributed by atoms with Crippen molar-refractivity contribution < 1.29 is 19.1 Å². The molecule has 3 aromatic carbocycles. The lowest BCUT2D eigenvalue weighted by Gasteiger charge is -2.12. The lowest BCUT2D eigenvalue weighted by molar-refractivity contribution is 0.0932. The van der Waals surface area contributed by atoms with Gasteiger partial charge >= 0.3 is 0 Å². The van der Waals surface area contributed by atoms with Gasteiger partial charge in [-0.05, 0) is 53.9 Å². The van der Waals surface area contributed by atoms with E-state index >= 15 is 0 Å². The minimum Gasteiger partial charge on any atom is -0.497 e. The summed E-state index contributed by atoms with van der Waals surface area (Å²) in [6.45, 7) is 1.99. The topological polar surface area (TPSA) is 64.6 Å². The van der Waals surface area contributed by atoms with Crippen LogP contribution >= 0.6 is 0 Å². The van der Waals surface area contributed by atoms with Crippen molar-refractivity contribution in [1.29, 1.82) is 0 Å². The van der Waals surface area contributed by atoms with Gasteiger partial charge in [0, 0.05) is 17.5 Å². The summed E-state index contributed by atoms with van der Waals surface area (Å²) in [4.78, 5) is 24.4. The standard InChI is InChI=1S/C25H23NO4/c1-16(27)22-8-3-4-9-23(22)17-10-11-24-19(12-17)14-21(30-24)15-26-25(28)18-6-5-7-20(13-18)29-2/h3-13,21H,14-15H2,1-2H3,(H,26,28)/t21-/m1/s1. The summed E-state index contributed by atoms with van der Waals surface area (Å²) in [6.07, 6.45) is 0.567. The molecule has 152 valence electrons. The molecule has 3 aromatic rings. The van der Waals surface area contributed by atoms with Crippen LogP contribution in [0.4, 0.5) is 0 Å². The van der Waals surface area contributed by atoms with Gasteiger partial charge in [-0.1, -0.05) is 36.4 Å². The molecular formula is C25H23NO4. The predicted octanol–water partition coefficient (Wildman–Crippen LogP) is 4.30. The van der Waals surface area contributed by atoms with Crippen LogP contribution in [-0.4, -0.2) is 31.4 Å². The first-order chi connectivity index (χ1) is 14.5. The highest BCUT2D eigenvalue weighted by molar-refractivity contribution is 6.00. The number of hydrogen-bond donors (Lipinski definition) is 1. The van der Waals surface area contributed by atoms with Crippen molar-refractivity contribution in [3.8, 4) is 22.6 Å². The van der Waals surface area contributed by atoms with E-state index in [1.54, 1.807) is 38.3 Å². The van der Waals surface area contributed by atoms with Gasteiger partial charge in [-0.2, -0.15) is 0 Å². The molecule has 0 aliphatic carbocycles. The second kappa shape index (κ2) is 8.41. The van der Waals surface area contributed by atoms with E-state index in [1.807, 2.05) is 36.4 Å². The van der Waals surface area contributed by atoms with Gasteiger partial charge in [0.1, 0.15) is 17.6 Å². The average Bonchev–Trinajstić information content (AvgIpc) is 3.19. The van der Waals surface area contributed by atoms with E-state index in [0.29, 0.717) is 29.8 Å². The van der Waals surface area contributed by atoms with E-state index in [-0.39, 0.29) is 17.8 Å². The molecule has 5 nitrogen and oxygen atoms in total. The molecule has 1 amide bonds. The highest BCUT2D eigenvalue weighted by Gasteiger charge is 2.24. The van der Waals surface area contributed by atoms with E-state index in [4.69, 9.17) is 9.47 Å². The number of hydrogen-bond acceptors (Lipinski definition) is 4. The molecule has 0 fully saturated rings. The van der Waals surface area contributed by atoms with E-state index < -0.39 is 0 Å². The number of ether oxygens (including phenoxy) is 2. The average molecular weight is 401 g/mol. The molecule has 0 saturated heterocycles. The minimum atomic E-state index is -0.162. The van der Waals surface area contributed by atoms with Crippen LogP contribution in [0.1, 0.15) is 33.2 Å². The molecule has 1 aliphatic rings. The van der Waals surface area contributed by atoms with Crippen LogP contribution in [0.25, 0.3) is 11.1 Å². The molecule has 1 heterocycles. The molecule has 1 N–H and O–H groups in total. The van der Waals surface area contributed by atoms with Gasteiger partial charge < -0.3 is 14.8 Å². The Hall–Kier alpha value is -3.60. The molecule has 0 radical (unpaired) electrons. The Balaban J connectivity index is 1.44. The second-order valence-corrected chi connectivity index (χ2v) is 7.31. The molecule has 0 aromatic heterocycles. The molecule has 1 aliphatic heterocycles. The molecular weight excluding hydrogens is 378 g/mol. The Morgan fingerprint density at radius 1 is 1.07 bits per heavy atom. The van der Waals surface area contributed by atoms with E-state index in [0.717, 1.165) is 22.4 Å². The fourth-order valence-corrected chi connectivity index (χ4v) is 3.72. The number of amides is 1. The SMILES string of the molecule is COc1cccc(C(=O)NC[C@H]2Cc3cc(-c4ccccc4C(C)=O)ccc3O2)c1. The normalized spacial score (nSPS) is 14.5. The lowest BCUT2D eigenvalue weighted by atomic mass is 9.95. The zero-order chi connectivity index (χ0) is 21.1. The number of carbonyl (C=O) groups is 2. The fraction of sp³-hybridized carbons (Fsp3) is 0.200. The quantitative estimate of drug-likeness (QED) is 0.626. The van der Waals surface area contributed by atoms with Crippen LogP contribution in [0, 0.1) is 0 Å². The number of Topliss-reactive ketones (excluding diaryl/α,β-unsaturated/α-hetero) is 1. The zero-order valence-electron chi connectivity index (χ0n) is 17.0. The number of nitrogens with one attached hydrogen (secondary N) is 1. The molecule has 0 saturated carbocycles. The number of carbonyl (C=O) groups excluding carboxylic acids is 2. The van der Waals surface area contributed by atoms with Crippen LogP contribution < -0.4 is 14.8 Å². The predicted molar refractivity (Wildman–Crippen MR) is 115 cm³/mol. The van der Waals surface area contributed by atoms with Crippen molar-refractivity contribution in [1.82, 2.24) is 5.32 Å². The fourth-order valence-electron chi connectivity index (χ4n) is 3.72. The third-order valence-corrected chi connectivity index (χ3v) is 5.24. The first-order valence-electron chi connectivity index (χ1n) is 9.87. The third kappa shape index (κ3) is 4.06. The van der Waals surface area contributed by atoms with Gasteiger partial charge in [0.05, 0.1) is 13.7 Å². The summed E-state index contributed by atoms with van der Waals surface area (Å²) in [5.41, 5.74) is 4.24. The first kappa shape index (κ1) is 19.7. The number of benzene rings is 3. The molecule has 0 bridgehead atoms. The minimum absolute atomic E-state index is 0.0421. The highest BCUT2D eigenvalue weighted by atomic mass is 16.5. The maximum atomic E-state index is 12.4. The Morgan fingerprint density at radius 3 is 2.70 bits per heavy atom. The van der Waals surface area contributed by atoms with Gasteiger partial charge in [0.25, 0.3) is 5.91 Å². The Morgan fingerprint density at radius 2 is 1.90 bits per heavy atom. The lowest BCUT2D eigenvalue weighted by Crippen LogP contribution is -2.34. The number of fused-ring (bicyclic) bond motifs is 1. The first-order valence-corrected chi connectivity index (χ1v) is 9.87. The van der Waals surface area contributed by atoms with Crippen LogP contribution in [-0.2, 0) is 6.42 Å². The van der Waals surface area contributed by atoms with Crippen molar-refractivity contribution in [2.45, 2.75) is 19.4 Å². The smallest absolute Gasteiger partial charge is 0.251 e. The Bertz CT molecular complexity index is 1110. The van der Waals surface area contributed by atoms with Crippen LogP contribution in [0.3, 0.4) is 0 Å². The van der Waals surface area contributed by atoms with Crippen molar-refractivity contribution >= 4 is 11.7 Å². The van der Waals surface area contributed by atoms with E-state index in [9.17, 15) is 9.59 Å². The van der Waals surface area contributed by atoms with E-state index in [2.05, 4.69) is 11.4 Å². The molecule has 0 spiro atoms. The van der Waals surface area contributed by atoms with Crippen molar-refractivity contribution in [3.63, 3.8) is 0 Å². The van der Waals surface area contributed by atoms with Crippen molar-refractivity contribution in [3.05, 3.63) is 83.4 Å². The molecule has 30 heavy (non-hydrogen) atoms. The summed E-state index contributed by atoms with van der Waals surface area (Å²) in [6, 6.07) is 20.6. The van der Waals surface area contributed by atoms with E-state index in [1.165, 1.54) is 0 Å². The summed E-state index contributed by atoms with van der Waals surface area (Å²) >= 11 is 0.